The number of anilines is 1. The number of nitrogens with two attached hydrogens (primary N) is 1. The fourth-order valence-electron chi connectivity index (χ4n) is 1.66. The minimum atomic E-state index is -0.480. The highest BCUT2D eigenvalue weighted by molar-refractivity contribution is 5.56. The summed E-state index contributed by atoms with van der Waals surface area (Å²) in [6, 6.07) is 2.69. The van der Waals surface area contributed by atoms with Crippen LogP contribution in [0.4, 0.5) is 10.1 Å². The number of ether oxygens (including phenoxy) is 2. The number of hydrogen-bond acceptors (Lipinski definition) is 4. The highest BCUT2D eigenvalue weighted by Crippen LogP contribution is 2.29. The van der Waals surface area contributed by atoms with E-state index in [1.807, 2.05) is 0 Å². The molecule has 0 saturated heterocycles. The van der Waals surface area contributed by atoms with Crippen molar-refractivity contribution in [3.05, 3.63) is 17.9 Å². The zero-order chi connectivity index (χ0) is 13.5. The van der Waals surface area contributed by atoms with Gasteiger partial charge in [0.1, 0.15) is 12.4 Å². The Morgan fingerprint density at radius 2 is 1.89 bits per heavy atom. The summed E-state index contributed by atoms with van der Waals surface area (Å²) in [5.41, 5.74) is 5.98. The normalized spacial score (nSPS) is 10.7. The summed E-state index contributed by atoms with van der Waals surface area (Å²) >= 11 is 0. The van der Waals surface area contributed by atoms with E-state index in [9.17, 15) is 4.39 Å². The van der Waals surface area contributed by atoms with Crippen LogP contribution < -0.4 is 15.2 Å². The minimum absolute atomic E-state index is 0.141. The Balaban J connectivity index is 2.61. The number of nitrogens with zero attached hydrogens (tertiary/aromatic N) is 1. The largest absolute Gasteiger partial charge is 0.494 e. The summed E-state index contributed by atoms with van der Waals surface area (Å²) in [6.07, 6.45) is 0. The Kier molecular flexibility index (Phi) is 5.71. The third-order valence-electron chi connectivity index (χ3n) is 2.84. The van der Waals surface area contributed by atoms with Crippen molar-refractivity contribution >= 4 is 5.69 Å². The summed E-state index contributed by atoms with van der Waals surface area (Å²) in [5, 5.41) is 0. The number of rotatable bonds is 7. The maximum absolute atomic E-state index is 13.3. The molecule has 0 bridgehead atoms. The number of hydrogen-bond donors (Lipinski definition) is 1. The molecule has 102 valence electrons. The molecular weight excluding hydrogens is 235 g/mol. The minimum Gasteiger partial charge on any atom is -0.494 e. The predicted octanol–water partition coefficient (Wildman–Crippen LogP) is 2.14. The number of benzene rings is 1. The predicted molar refractivity (Wildman–Crippen MR) is 70.6 cm³/mol. The molecule has 0 atom stereocenters. The van der Waals surface area contributed by atoms with Crippen molar-refractivity contribution in [2.24, 2.45) is 0 Å². The molecule has 0 aliphatic rings. The first-order valence-corrected chi connectivity index (χ1v) is 6.10. The lowest BCUT2D eigenvalue weighted by molar-refractivity contribution is 0.222. The molecule has 18 heavy (non-hydrogen) atoms. The van der Waals surface area contributed by atoms with Crippen LogP contribution in [0.15, 0.2) is 12.1 Å². The van der Waals surface area contributed by atoms with Gasteiger partial charge in [-0.1, -0.05) is 13.8 Å². The van der Waals surface area contributed by atoms with Crippen molar-refractivity contribution in [2.45, 2.75) is 13.8 Å². The molecule has 2 N–H and O–H groups in total. The molecule has 0 saturated carbocycles. The van der Waals surface area contributed by atoms with Crippen molar-refractivity contribution in [2.75, 3.05) is 39.1 Å². The van der Waals surface area contributed by atoms with Gasteiger partial charge in [-0.15, -0.1) is 0 Å². The monoisotopic (exact) mass is 256 g/mol. The summed E-state index contributed by atoms with van der Waals surface area (Å²) in [6.45, 7) is 7.47. The molecule has 4 nitrogen and oxygen atoms in total. The molecular formula is C13H21FN2O2. The van der Waals surface area contributed by atoms with Gasteiger partial charge < -0.3 is 20.1 Å². The average molecular weight is 256 g/mol. The fraction of sp³-hybridized carbons (Fsp3) is 0.538. The van der Waals surface area contributed by atoms with Gasteiger partial charge in [0.05, 0.1) is 12.8 Å². The van der Waals surface area contributed by atoms with E-state index in [2.05, 4.69) is 18.7 Å². The Morgan fingerprint density at radius 3 is 2.44 bits per heavy atom. The van der Waals surface area contributed by atoms with E-state index in [1.54, 1.807) is 0 Å². The molecule has 0 heterocycles. The van der Waals surface area contributed by atoms with Crippen LogP contribution in [-0.4, -0.2) is 38.3 Å². The molecule has 5 heteroatoms. The van der Waals surface area contributed by atoms with Gasteiger partial charge in [0.25, 0.3) is 0 Å². The van der Waals surface area contributed by atoms with Crippen LogP contribution in [0.2, 0.25) is 0 Å². The number of likely N-dealkylation sites (N-methyl/N-ethyl adjacent to an activating group) is 1. The maximum Gasteiger partial charge on any atom is 0.167 e. The first kappa shape index (κ1) is 14.6. The summed E-state index contributed by atoms with van der Waals surface area (Å²) in [7, 11) is 1.41. The van der Waals surface area contributed by atoms with Crippen LogP contribution in [0.1, 0.15) is 13.8 Å². The summed E-state index contributed by atoms with van der Waals surface area (Å²) in [4.78, 5) is 2.23. The number of methoxy groups -OCH3 is 1. The lowest BCUT2D eigenvalue weighted by atomic mass is 10.2. The van der Waals surface area contributed by atoms with Gasteiger partial charge in [-0.25, -0.2) is 4.39 Å². The van der Waals surface area contributed by atoms with E-state index >= 15 is 0 Å². The highest BCUT2D eigenvalue weighted by Gasteiger charge is 2.09. The first-order valence-electron chi connectivity index (χ1n) is 6.10. The van der Waals surface area contributed by atoms with Crippen LogP contribution in [0, 0.1) is 5.82 Å². The van der Waals surface area contributed by atoms with Crippen molar-refractivity contribution in [3.63, 3.8) is 0 Å². The molecule has 0 fully saturated rings. The molecule has 0 aliphatic heterocycles. The zero-order valence-corrected chi connectivity index (χ0v) is 11.2. The van der Waals surface area contributed by atoms with E-state index in [0.29, 0.717) is 12.4 Å². The first-order chi connectivity index (χ1) is 8.62. The Morgan fingerprint density at radius 1 is 1.22 bits per heavy atom. The Bertz CT molecular complexity index is 381. The van der Waals surface area contributed by atoms with Gasteiger partial charge in [-0.05, 0) is 13.1 Å². The molecule has 0 unspecified atom stereocenters. The molecule has 0 spiro atoms. The van der Waals surface area contributed by atoms with Gasteiger partial charge in [-0.3, -0.25) is 0 Å². The molecule has 1 rings (SSSR count). The van der Waals surface area contributed by atoms with Gasteiger partial charge in [0.15, 0.2) is 11.6 Å². The van der Waals surface area contributed by atoms with Gasteiger partial charge in [0, 0.05) is 18.7 Å². The maximum atomic E-state index is 13.3. The topological polar surface area (TPSA) is 47.7 Å². The van der Waals surface area contributed by atoms with Crippen LogP contribution in [0.5, 0.6) is 11.5 Å². The smallest absolute Gasteiger partial charge is 0.167 e. The molecule has 0 aliphatic carbocycles. The summed E-state index contributed by atoms with van der Waals surface area (Å²) < 4.78 is 23.8. The quantitative estimate of drug-likeness (QED) is 0.759. The van der Waals surface area contributed by atoms with Crippen LogP contribution in [-0.2, 0) is 0 Å². The van der Waals surface area contributed by atoms with E-state index in [1.165, 1.54) is 19.2 Å². The van der Waals surface area contributed by atoms with E-state index in [0.717, 1.165) is 19.6 Å². The van der Waals surface area contributed by atoms with Crippen LogP contribution in [0.25, 0.3) is 0 Å². The Hall–Kier alpha value is -1.49. The third kappa shape index (κ3) is 3.77. The van der Waals surface area contributed by atoms with Crippen molar-refractivity contribution in [1.29, 1.82) is 0 Å². The highest BCUT2D eigenvalue weighted by atomic mass is 19.1. The fourth-order valence-corrected chi connectivity index (χ4v) is 1.66. The standard InChI is InChI=1S/C13H21FN2O2/c1-4-16(5-2)6-7-18-13-9-12(17-3)10(14)8-11(13)15/h8-9H,4-7,15H2,1-3H3. The lowest BCUT2D eigenvalue weighted by Crippen LogP contribution is -2.28. The molecule has 1 aromatic rings. The summed E-state index contributed by atoms with van der Waals surface area (Å²) in [5.74, 6) is 0.119. The number of halogens is 1. The second kappa shape index (κ2) is 7.06. The van der Waals surface area contributed by atoms with Gasteiger partial charge >= 0.3 is 0 Å². The second-order valence-corrected chi connectivity index (χ2v) is 3.90. The third-order valence-corrected chi connectivity index (χ3v) is 2.84. The second-order valence-electron chi connectivity index (χ2n) is 3.90. The molecule has 1 aromatic carbocycles. The van der Waals surface area contributed by atoms with Crippen LogP contribution in [0.3, 0.4) is 0 Å². The Labute approximate surface area is 107 Å². The lowest BCUT2D eigenvalue weighted by Gasteiger charge is -2.18. The van der Waals surface area contributed by atoms with Gasteiger partial charge in [-0.2, -0.15) is 0 Å². The van der Waals surface area contributed by atoms with E-state index in [-0.39, 0.29) is 11.4 Å². The van der Waals surface area contributed by atoms with E-state index < -0.39 is 5.82 Å². The van der Waals surface area contributed by atoms with Crippen molar-refractivity contribution in [3.8, 4) is 11.5 Å². The SMILES string of the molecule is CCN(CC)CCOc1cc(OC)c(F)cc1N. The van der Waals surface area contributed by atoms with Gasteiger partial charge in [0.2, 0.25) is 0 Å². The molecule has 0 radical (unpaired) electrons. The molecule has 0 aromatic heterocycles. The molecule has 0 amide bonds. The van der Waals surface area contributed by atoms with Crippen molar-refractivity contribution in [1.82, 2.24) is 4.90 Å². The van der Waals surface area contributed by atoms with Crippen LogP contribution >= 0.6 is 0 Å². The van der Waals surface area contributed by atoms with Crippen molar-refractivity contribution < 1.29 is 13.9 Å². The number of nitrogen functional groups attached to an aromatic ring is 1. The average Bonchev–Trinajstić information content (AvgIpc) is 2.37. The zero-order valence-electron chi connectivity index (χ0n) is 11.2. The van der Waals surface area contributed by atoms with E-state index in [4.69, 9.17) is 15.2 Å².